The molecule has 4 aromatic rings. The number of benzene rings is 2. The number of rotatable bonds is 9. The molecule has 2 aromatic carbocycles. The summed E-state index contributed by atoms with van der Waals surface area (Å²) in [5, 5.41) is 25.7. The van der Waals surface area contributed by atoms with Crippen molar-refractivity contribution in [2.24, 2.45) is 5.92 Å². The number of aromatic amines is 1. The van der Waals surface area contributed by atoms with E-state index >= 15 is 0 Å². The number of aliphatic carboxylic acids is 1. The molecule has 9 heteroatoms. The maximum Gasteiger partial charge on any atom is 0.329 e. The third-order valence-electron chi connectivity index (χ3n) is 7.79. The van der Waals surface area contributed by atoms with Crippen molar-refractivity contribution >= 4 is 22.8 Å². The number of fused-ring (bicyclic) bond motifs is 1. The van der Waals surface area contributed by atoms with Crippen molar-refractivity contribution in [1.82, 2.24) is 30.5 Å². The number of aromatic nitrogens is 5. The molecule has 2 aromatic heterocycles. The highest BCUT2D eigenvalue weighted by molar-refractivity contribution is 5.88. The predicted molar refractivity (Wildman–Crippen MR) is 144 cm³/mol. The Morgan fingerprint density at radius 2 is 1.95 bits per heavy atom. The second-order valence-electron chi connectivity index (χ2n) is 10.1. The van der Waals surface area contributed by atoms with Crippen LogP contribution in [0.15, 0.2) is 54.6 Å². The van der Waals surface area contributed by atoms with Crippen molar-refractivity contribution < 1.29 is 14.7 Å². The molecular weight excluding hydrogens is 480 g/mol. The second-order valence-corrected chi connectivity index (χ2v) is 10.1. The van der Waals surface area contributed by atoms with Gasteiger partial charge in [0.05, 0.1) is 11.2 Å². The van der Waals surface area contributed by atoms with Crippen LogP contribution in [0.25, 0.3) is 33.5 Å². The number of unbranched alkanes of at least 4 members (excludes halogenated alkanes) is 1. The zero-order valence-electron chi connectivity index (χ0n) is 21.7. The summed E-state index contributed by atoms with van der Waals surface area (Å²) >= 11 is 0. The molecule has 2 atom stereocenters. The first-order chi connectivity index (χ1) is 18.4. The Bertz CT molecular complexity index is 1450. The number of tetrazole rings is 1. The van der Waals surface area contributed by atoms with Crippen LogP contribution in [0.5, 0.6) is 0 Å². The largest absolute Gasteiger partial charge is 0.479 e. The molecule has 5 rings (SSSR count). The molecule has 0 spiro atoms. The number of carbonyl (C=O) groups is 2. The van der Waals surface area contributed by atoms with Gasteiger partial charge in [-0.1, -0.05) is 63.1 Å². The normalized spacial score (nSPS) is 19.1. The molecule has 0 aliphatic heterocycles. The summed E-state index contributed by atoms with van der Waals surface area (Å²) in [7, 11) is 0. The van der Waals surface area contributed by atoms with Gasteiger partial charge in [-0.25, -0.2) is 9.78 Å². The van der Waals surface area contributed by atoms with Gasteiger partial charge in [-0.05, 0) is 54.2 Å². The number of nitrogens with zero attached hydrogens (tertiary/aromatic N) is 5. The summed E-state index contributed by atoms with van der Waals surface area (Å²) in [5.41, 5.74) is 3.04. The molecule has 0 radical (unpaired) electrons. The van der Waals surface area contributed by atoms with Gasteiger partial charge in [-0.15, -0.1) is 10.2 Å². The molecule has 2 unspecified atom stereocenters. The molecule has 1 aliphatic rings. The van der Waals surface area contributed by atoms with Crippen molar-refractivity contribution in [3.63, 3.8) is 0 Å². The van der Waals surface area contributed by atoms with Gasteiger partial charge in [0.1, 0.15) is 5.54 Å². The van der Waals surface area contributed by atoms with Crippen LogP contribution in [0, 0.1) is 5.92 Å². The first kappa shape index (κ1) is 25.5. The average molecular weight is 513 g/mol. The fourth-order valence-corrected chi connectivity index (χ4v) is 5.70. The first-order valence-electron chi connectivity index (χ1n) is 13.2. The van der Waals surface area contributed by atoms with E-state index in [9.17, 15) is 14.7 Å². The molecule has 196 valence electrons. The number of hydrogen-bond acceptors (Lipinski definition) is 6. The van der Waals surface area contributed by atoms with E-state index in [2.05, 4.69) is 20.6 Å². The van der Waals surface area contributed by atoms with E-state index in [1.807, 2.05) is 68.4 Å². The molecule has 2 heterocycles. The van der Waals surface area contributed by atoms with Crippen molar-refractivity contribution in [2.45, 2.75) is 64.5 Å². The van der Waals surface area contributed by atoms with Crippen LogP contribution in [0.2, 0.25) is 0 Å². The summed E-state index contributed by atoms with van der Waals surface area (Å²) < 4.78 is 0. The standard InChI is InChI=1S/C29H32N6O3/c1-3-4-11-26(36)35(29(28(37)38)16-7-8-19(29)2)18-20-12-14-24-21(17-20)13-15-25(30-24)22-9-5-6-10-23(22)27-31-33-34-32-27/h5-6,9-10,12-15,17,19H,3-4,7-8,11,16,18H2,1-2H3,(H,37,38)(H,31,32,33,34). The lowest BCUT2D eigenvalue weighted by molar-refractivity contribution is -0.163. The van der Waals surface area contributed by atoms with Crippen molar-refractivity contribution in [1.29, 1.82) is 0 Å². The molecule has 1 aliphatic carbocycles. The average Bonchev–Trinajstić information content (AvgIpc) is 3.61. The predicted octanol–water partition coefficient (Wildman–Crippen LogP) is 5.24. The Kier molecular flexibility index (Phi) is 7.18. The second kappa shape index (κ2) is 10.7. The van der Waals surface area contributed by atoms with E-state index in [1.165, 1.54) is 0 Å². The summed E-state index contributed by atoms with van der Waals surface area (Å²) in [5.74, 6) is -0.594. The van der Waals surface area contributed by atoms with Crippen LogP contribution >= 0.6 is 0 Å². The molecule has 9 nitrogen and oxygen atoms in total. The molecule has 0 saturated heterocycles. The number of carboxylic acid groups (broad SMARTS) is 1. The van der Waals surface area contributed by atoms with Crippen LogP contribution in [0.1, 0.15) is 57.9 Å². The fraction of sp³-hybridized carbons (Fsp3) is 0.379. The van der Waals surface area contributed by atoms with Gasteiger partial charge in [-0.2, -0.15) is 5.21 Å². The van der Waals surface area contributed by atoms with Crippen LogP contribution in [0.3, 0.4) is 0 Å². The van der Waals surface area contributed by atoms with Gasteiger partial charge < -0.3 is 10.0 Å². The smallest absolute Gasteiger partial charge is 0.329 e. The third-order valence-corrected chi connectivity index (χ3v) is 7.79. The summed E-state index contributed by atoms with van der Waals surface area (Å²) in [4.78, 5) is 32.5. The van der Waals surface area contributed by atoms with E-state index in [0.29, 0.717) is 18.7 Å². The van der Waals surface area contributed by atoms with Crippen LogP contribution in [0.4, 0.5) is 0 Å². The number of H-pyrrole nitrogens is 1. The van der Waals surface area contributed by atoms with Crippen LogP contribution in [-0.4, -0.2) is 53.0 Å². The monoisotopic (exact) mass is 512 g/mol. The summed E-state index contributed by atoms with van der Waals surface area (Å²) in [6.07, 6.45) is 4.08. The van der Waals surface area contributed by atoms with Gasteiger partial charge in [0.2, 0.25) is 11.7 Å². The summed E-state index contributed by atoms with van der Waals surface area (Å²) in [6.45, 7) is 4.25. The SMILES string of the molecule is CCCCC(=O)N(Cc1ccc2nc(-c3ccccc3-c3nn[nH]n3)ccc2c1)C1(C(=O)O)CCCC1C. The van der Waals surface area contributed by atoms with Gasteiger partial charge in [0.15, 0.2) is 0 Å². The van der Waals surface area contributed by atoms with E-state index in [0.717, 1.165) is 59.0 Å². The number of carbonyl (C=O) groups excluding carboxylic acids is 1. The molecule has 0 bridgehead atoms. The lowest BCUT2D eigenvalue weighted by Gasteiger charge is -2.41. The van der Waals surface area contributed by atoms with Crippen molar-refractivity contribution in [3.8, 4) is 22.6 Å². The zero-order valence-corrected chi connectivity index (χ0v) is 21.7. The van der Waals surface area contributed by atoms with Crippen LogP contribution in [-0.2, 0) is 16.1 Å². The minimum absolute atomic E-state index is 0.0883. The van der Waals surface area contributed by atoms with Crippen molar-refractivity contribution in [2.75, 3.05) is 0 Å². The van der Waals surface area contributed by atoms with Gasteiger partial charge in [0, 0.05) is 29.5 Å². The highest BCUT2D eigenvalue weighted by atomic mass is 16.4. The Morgan fingerprint density at radius 3 is 2.63 bits per heavy atom. The lowest BCUT2D eigenvalue weighted by Crippen LogP contribution is -2.58. The number of nitrogens with one attached hydrogen (secondary N) is 1. The van der Waals surface area contributed by atoms with Gasteiger partial charge in [0.25, 0.3) is 0 Å². The Balaban J connectivity index is 1.48. The first-order valence-corrected chi connectivity index (χ1v) is 13.2. The van der Waals surface area contributed by atoms with Gasteiger partial charge in [-0.3, -0.25) is 4.79 Å². The molecule has 1 saturated carbocycles. The highest BCUT2D eigenvalue weighted by Gasteiger charge is 2.53. The highest BCUT2D eigenvalue weighted by Crippen LogP contribution is 2.42. The van der Waals surface area contributed by atoms with E-state index in [4.69, 9.17) is 4.98 Å². The Labute approximate surface area is 221 Å². The fourth-order valence-electron chi connectivity index (χ4n) is 5.70. The number of hydrogen-bond donors (Lipinski definition) is 2. The van der Waals surface area contributed by atoms with E-state index in [-0.39, 0.29) is 18.4 Å². The lowest BCUT2D eigenvalue weighted by atomic mass is 9.85. The number of carboxylic acids is 1. The third kappa shape index (κ3) is 4.64. The maximum atomic E-state index is 13.4. The molecule has 1 amide bonds. The molecular formula is C29H32N6O3. The Morgan fingerprint density at radius 1 is 1.13 bits per heavy atom. The topological polar surface area (TPSA) is 125 Å². The molecule has 1 fully saturated rings. The Hall–Kier alpha value is -4.14. The number of amides is 1. The summed E-state index contributed by atoms with van der Waals surface area (Å²) in [6, 6.07) is 17.6. The molecule has 38 heavy (non-hydrogen) atoms. The minimum atomic E-state index is -1.17. The molecule has 2 N–H and O–H groups in total. The zero-order chi connectivity index (χ0) is 26.7. The minimum Gasteiger partial charge on any atom is -0.479 e. The maximum absolute atomic E-state index is 13.4. The van der Waals surface area contributed by atoms with Gasteiger partial charge >= 0.3 is 5.97 Å². The number of pyridine rings is 1. The van der Waals surface area contributed by atoms with Crippen molar-refractivity contribution in [3.05, 3.63) is 60.2 Å². The van der Waals surface area contributed by atoms with E-state index < -0.39 is 11.5 Å². The quantitative estimate of drug-likeness (QED) is 0.314. The van der Waals surface area contributed by atoms with E-state index in [1.54, 1.807) is 4.90 Å². The van der Waals surface area contributed by atoms with Crippen LogP contribution < -0.4 is 0 Å².